The lowest BCUT2D eigenvalue weighted by Crippen LogP contribution is -2.51. The van der Waals surface area contributed by atoms with Crippen molar-refractivity contribution in [2.24, 2.45) is 5.92 Å². The van der Waals surface area contributed by atoms with Crippen LogP contribution in [-0.2, 0) is 4.79 Å². The minimum absolute atomic E-state index is 0.0235. The summed E-state index contributed by atoms with van der Waals surface area (Å²) in [7, 11) is 0. The van der Waals surface area contributed by atoms with Gasteiger partial charge < -0.3 is 14.9 Å². The number of urea groups is 1. The maximum Gasteiger partial charge on any atom is 0.393 e. The van der Waals surface area contributed by atoms with E-state index >= 15 is 0 Å². The molecule has 1 heterocycles. The minimum atomic E-state index is -4.31. The van der Waals surface area contributed by atoms with Crippen LogP contribution in [0.5, 0.6) is 0 Å². The first-order chi connectivity index (χ1) is 9.29. The van der Waals surface area contributed by atoms with E-state index in [2.05, 4.69) is 0 Å². The van der Waals surface area contributed by atoms with Gasteiger partial charge in [-0.25, -0.2) is 4.79 Å². The molecule has 0 bridgehead atoms. The fraction of sp³-hybridized carbons (Fsp3) is 0.833. The number of carboxylic acid groups (broad SMARTS) is 1. The first kappa shape index (κ1) is 14.9. The highest BCUT2D eigenvalue weighted by Gasteiger charge is 2.44. The Morgan fingerprint density at radius 1 is 1.25 bits per heavy atom. The molecule has 1 N–H and O–H groups in total. The maximum atomic E-state index is 12.7. The molecule has 20 heavy (non-hydrogen) atoms. The van der Waals surface area contributed by atoms with Crippen molar-refractivity contribution in [2.75, 3.05) is 19.6 Å². The molecule has 1 unspecified atom stereocenters. The lowest BCUT2D eigenvalue weighted by Gasteiger charge is -2.36. The van der Waals surface area contributed by atoms with Crippen molar-refractivity contribution in [1.29, 1.82) is 0 Å². The second-order valence-corrected chi connectivity index (χ2v) is 5.36. The van der Waals surface area contributed by atoms with Crippen molar-refractivity contribution < 1.29 is 27.9 Å². The maximum absolute atomic E-state index is 12.7. The van der Waals surface area contributed by atoms with Gasteiger partial charge in [-0.15, -0.1) is 0 Å². The van der Waals surface area contributed by atoms with Crippen LogP contribution in [0, 0.1) is 5.92 Å². The topological polar surface area (TPSA) is 60.9 Å². The summed E-state index contributed by atoms with van der Waals surface area (Å²) in [6, 6.07) is -0.714. The van der Waals surface area contributed by atoms with Gasteiger partial charge in [-0.1, -0.05) is 0 Å². The summed E-state index contributed by atoms with van der Waals surface area (Å²) in [5, 5.41) is 8.80. The molecule has 2 rings (SSSR count). The number of aliphatic carboxylic acids is 1. The Kier molecular flexibility index (Phi) is 4.10. The van der Waals surface area contributed by atoms with E-state index in [0.717, 1.165) is 17.7 Å². The smallest absolute Gasteiger partial charge is 0.393 e. The van der Waals surface area contributed by atoms with E-state index in [-0.39, 0.29) is 25.6 Å². The average molecular weight is 294 g/mol. The largest absolute Gasteiger partial charge is 0.480 e. The molecule has 1 saturated carbocycles. The summed E-state index contributed by atoms with van der Waals surface area (Å²) in [5.74, 6) is -2.65. The quantitative estimate of drug-likeness (QED) is 0.865. The van der Waals surface area contributed by atoms with Crippen LogP contribution in [0.1, 0.15) is 25.7 Å². The molecule has 1 aliphatic carbocycles. The van der Waals surface area contributed by atoms with Crippen LogP contribution in [0.3, 0.4) is 0 Å². The molecule has 1 saturated heterocycles. The fourth-order valence-electron chi connectivity index (χ4n) is 2.48. The molecule has 0 spiro atoms. The second-order valence-electron chi connectivity index (χ2n) is 5.36. The molecule has 2 amide bonds. The van der Waals surface area contributed by atoms with Crippen molar-refractivity contribution in [1.82, 2.24) is 9.80 Å². The van der Waals surface area contributed by atoms with Gasteiger partial charge >= 0.3 is 18.2 Å². The molecule has 5 nitrogen and oxygen atoms in total. The number of hydrogen-bond donors (Lipinski definition) is 1. The third kappa shape index (κ3) is 3.55. The number of likely N-dealkylation sites (tertiary alicyclic amines) is 1. The van der Waals surface area contributed by atoms with Gasteiger partial charge in [0.05, 0.1) is 5.92 Å². The van der Waals surface area contributed by atoms with Gasteiger partial charge in [0, 0.05) is 19.1 Å². The molecule has 8 heteroatoms. The number of carbonyl (C=O) groups is 2. The SMILES string of the molecule is O=C(O)CN(C(=O)N1CCCC(C(F)(F)F)C1)C1CC1. The number of rotatable bonds is 3. The van der Waals surface area contributed by atoms with E-state index in [1.54, 1.807) is 0 Å². The van der Waals surface area contributed by atoms with Crippen molar-refractivity contribution in [3.8, 4) is 0 Å². The molecule has 1 atom stereocenters. The number of carbonyl (C=O) groups excluding carboxylic acids is 1. The molecular weight excluding hydrogens is 277 g/mol. The molecule has 0 radical (unpaired) electrons. The van der Waals surface area contributed by atoms with Crippen LogP contribution in [0.2, 0.25) is 0 Å². The molecule has 0 aromatic rings. The monoisotopic (exact) mass is 294 g/mol. The van der Waals surface area contributed by atoms with E-state index in [0.29, 0.717) is 6.42 Å². The Balaban J connectivity index is 2.01. The van der Waals surface area contributed by atoms with Crippen LogP contribution in [0.15, 0.2) is 0 Å². The molecule has 2 fully saturated rings. The number of alkyl halides is 3. The second kappa shape index (κ2) is 5.49. The van der Waals surface area contributed by atoms with Crippen LogP contribution < -0.4 is 0 Å². The van der Waals surface area contributed by atoms with E-state index in [1.807, 2.05) is 0 Å². The Labute approximate surface area is 114 Å². The predicted octanol–water partition coefficient (Wildman–Crippen LogP) is 1.93. The highest BCUT2D eigenvalue weighted by molar-refractivity contribution is 5.80. The fourth-order valence-corrected chi connectivity index (χ4v) is 2.48. The van der Waals surface area contributed by atoms with Crippen LogP contribution >= 0.6 is 0 Å². The van der Waals surface area contributed by atoms with E-state index in [1.165, 1.54) is 4.90 Å². The van der Waals surface area contributed by atoms with Crippen molar-refractivity contribution >= 4 is 12.0 Å². The Bertz CT molecular complexity index is 396. The van der Waals surface area contributed by atoms with E-state index < -0.39 is 30.6 Å². The van der Waals surface area contributed by atoms with Crippen LogP contribution in [0.4, 0.5) is 18.0 Å². The summed E-state index contributed by atoms with van der Waals surface area (Å²) >= 11 is 0. The summed E-state index contributed by atoms with van der Waals surface area (Å²) in [6.45, 7) is -0.559. The zero-order chi connectivity index (χ0) is 14.9. The number of hydrogen-bond acceptors (Lipinski definition) is 2. The number of piperidine rings is 1. The van der Waals surface area contributed by atoms with Crippen LogP contribution in [-0.4, -0.2) is 58.8 Å². The summed E-state index contributed by atoms with van der Waals surface area (Å²) in [4.78, 5) is 25.3. The Morgan fingerprint density at radius 3 is 2.40 bits per heavy atom. The third-order valence-electron chi connectivity index (χ3n) is 3.69. The molecular formula is C12H17F3N2O3. The molecule has 2 aliphatic rings. The Hall–Kier alpha value is -1.47. The number of nitrogens with zero attached hydrogens (tertiary/aromatic N) is 2. The summed E-state index contributed by atoms with van der Waals surface area (Å²) < 4.78 is 38.1. The standard InChI is InChI=1S/C12H17F3N2O3/c13-12(14,15)8-2-1-5-16(6-8)11(20)17(7-10(18)19)9-3-4-9/h8-9H,1-7H2,(H,18,19). The van der Waals surface area contributed by atoms with Gasteiger partial charge in [0.15, 0.2) is 0 Å². The van der Waals surface area contributed by atoms with Gasteiger partial charge in [0.2, 0.25) is 0 Å². The molecule has 1 aliphatic heterocycles. The molecule has 0 aromatic carbocycles. The van der Waals surface area contributed by atoms with Gasteiger partial charge in [-0.2, -0.15) is 13.2 Å². The number of halogens is 3. The van der Waals surface area contributed by atoms with E-state index in [4.69, 9.17) is 5.11 Å². The first-order valence-corrected chi connectivity index (χ1v) is 6.63. The van der Waals surface area contributed by atoms with Gasteiger partial charge in [0.1, 0.15) is 6.54 Å². The van der Waals surface area contributed by atoms with Crippen molar-refractivity contribution in [3.63, 3.8) is 0 Å². The molecule has 0 aromatic heterocycles. The zero-order valence-corrected chi connectivity index (χ0v) is 10.9. The predicted molar refractivity (Wildman–Crippen MR) is 63.1 cm³/mol. The normalized spacial score (nSPS) is 23.6. The van der Waals surface area contributed by atoms with Crippen LogP contribution in [0.25, 0.3) is 0 Å². The Morgan fingerprint density at radius 2 is 1.90 bits per heavy atom. The average Bonchev–Trinajstić information content (AvgIpc) is 3.18. The highest BCUT2D eigenvalue weighted by atomic mass is 19.4. The summed E-state index contributed by atoms with van der Waals surface area (Å²) in [6.07, 6.45) is -2.56. The van der Waals surface area contributed by atoms with Crippen molar-refractivity contribution in [3.05, 3.63) is 0 Å². The number of amides is 2. The van der Waals surface area contributed by atoms with Gasteiger partial charge in [0.25, 0.3) is 0 Å². The van der Waals surface area contributed by atoms with Gasteiger partial charge in [-0.3, -0.25) is 4.79 Å². The number of carboxylic acids is 1. The lowest BCUT2D eigenvalue weighted by atomic mass is 9.98. The zero-order valence-electron chi connectivity index (χ0n) is 10.9. The van der Waals surface area contributed by atoms with E-state index in [9.17, 15) is 22.8 Å². The third-order valence-corrected chi connectivity index (χ3v) is 3.69. The first-order valence-electron chi connectivity index (χ1n) is 6.63. The lowest BCUT2D eigenvalue weighted by molar-refractivity contribution is -0.184. The van der Waals surface area contributed by atoms with Gasteiger partial charge in [-0.05, 0) is 25.7 Å². The minimum Gasteiger partial charge on any atom is -0.480 e. The molecule has 114 valence electrons. The summed E-state index contributed by atoms with van der Waals surface area (Å²) in [5.41, 5.74) is 0. The highest BCUT2D eigenvalue weighted by Crippen LogP contribution is 2.34. The van der Waals surface area contributed by atoms with Crippen molar-refractivity contribution in [2.45, 2.75) is 37.9 Å².